The molecule has 2 aromatic heterocycles. The van der Waals surface area contributed by atoms with Gasteiger partial charge in [-0.15, -0.1) is 0 Å². The summed E-state index contributed by atoms with van der Waals surface area (Å²) in [6, 6.07) is 6.14. The predicted octanol–water partition coefficient (Wildman–Crippen LogP) is 3.08. The fraction of sp³-hybridized carbons (Fsp3) is 0.278. The number of nitrogens with zero attached hydrogens (tertiary/aromatic N) is 3. The molecule has 3 aromatic rings. The van der Waals surface area contributed by atoms with E-state index in [2.05, 4.69) is 19.8 Å². The number of benzene rings is 1. The summed E-state index contributed by atoms with van der Waals surface area (Å²) in [5, 5.41) is 3.87. The second kappa shape index (κ2) is 7.36. The van der Waals surface area contributed by atoms with Crippen molar-refractivity contribution in [2.75, 3.05) is 4.72 Å². The Morgan fingerprint density at radius 1 is 1.07 bits per heavy atom. The number of hydrogen-bond donors (Lipinski definition) is 1. The van der Waals surface area contributed by atoms with Gasteiger partial charge in [0.15, 0.2) is 5.82 Å². The zero-order valence-electron chi connectivity index (χ0n) is 15.5. The summed E-state index contributed by atoms with van der Waals surface area (Å²) in [6.07, 6.45) is 1.51. The van der Waals surface area contributed by atoms with E-state index in [0.29, 0.717) is 23.8 Å². The average molecular weight is 388 g/mol. The number of nitrogens with one attached hydrogen (secondary N) is 1. The fourth-order valence-corrected chi connectivity index (χ4v) is 3.53. The first kappa shape index (κ1) is 18.8. The van der Waals surface area contributed by atoms with E-state index in [4.69, 9.17) is 9.26 Å². The maximum Gasteiger partial charge on any atom is 0.263 e. The van der Waals surface area contributed by atoms with Crippen molar-refractivity contribution in [3.63, 3.8) is 0 Å². The second-order valence-electron chi connectivity index (χ2n) is 6.11. The molecule has 0 aliphatic rings. The Labute approximate surface area is 157 Å². The lowest BCUT2D eigenvalue weighted by Crippen LogP contribution is -2.15. The molecular weight excluding hydrogens is 368 g/mol. The summed E-state index contributed by atoms with van der Waals surface area (Å²) < 4.78 is 38.3. The highest BCUT2D eigenvalue weighted by Gasteiger charge is 2.17. The van der Waals surface area contributed by atoms with Gasteiger partial charge in [0.1, 0.15) is 18.1 Å². The van der Waals surface area contributed by atoms with Gasteiger partial charge >= 0.3 is 0 Å². The fourth-order valence-electron chi connectivity index (χ4n) is 2.46. The molecule has 1 aromatic carbocycles. The van der Waals surface area contributed by atoms with Gasteiger partial charge in [0.25, 0.3) is 10.0 Å². The highest BCUT2D eigenvalue weighted by molar-refractivity contribution is 7.92. The molecule has 0 unspecified atom stereocenters. The third kappa shape index (κ3) is 4.25. The van der Waals surface area contributed by atoms with Crippen LogP contribution in [-0.2, 0) is 16.6 Å². The third-order valence-electron chi connectivity index (χ3n) is 4.00. The molecule has 0 aliphatic carbocycles. The van der Waals surface area contributed by atoms with Gasteiger partial charge in [-0.3, -0.25) is 9.71 Å². The molecule has 9 heteroatoms. The Hall–Kier alpha value is -2.94. The summed E-state index contributed by atoms with van der Waals surface area (Å²) in [5.41, 5.74) is 2.88. The Kier molecular flexibility index (Phi) is 5.13. The van der Waals surface area contributed by atoms with Crippen molar-refractivity contribution in [1.82, 2.24) is 15.1 Å². The van der Waals surface area contributed by atoms with Crippen LogP contribution in [0.1, 0.15) is 28.4 Å². The maximum absolute atomic E-state index is 12.5. The van der Waals surface area contributed by atoms with E-state index < -0.39 is 10.0 Å². The van der Waals surface area contributed by atoms with Gasteiger partial charge in [-0.25, -0.2) is 13.4 Å². The Morgan fingerprint density at radius 3 is 2.37 bits per heavy atom. The van der Waals surface area contributed by atoms with Crippen LogP contribution in [-0.4, -0.2) is 23.5 Å². The lowest BCUT2D eigenvalue weighted by Gasteiger charge is -2.10. The quantitative estimate of drug-likeness (QED) is 0.691. The molecule has 27 heavy (non-hydrogen) atoms. The van der Waals surface area contributed by atoms with Crippen molar-refractivity contribution < 1.29 is 17.7 Å². The molecule has 0 fully saturated rings. The lowest BCUT2D eigenvalue weighted by molar-refractivity contribution is 0.301. The molecule has 0 spiro atoms. The maximum atomic E-state index is 12.5. The van der Waals surface area contributed by atoms with Gasteiger partial charge in [-0.1, -0.05) is 5.16 Å². The minimum Gasteiger partial charge on any atom is -0.489 e. The van der Waals surface area contributed by atoms with E-state index in [-0.39, 0.29) is 10.7 Å². The molecule has 0 saturated heterocycles. The van der Waals surface area contributed by atoms with Crippen LogP contribution >= 0.6 is 0 Å². The van der Waals surface area contributed by atoms with Crippen LogP contribution in [0.25, 0.3) is 0 Å². The first-order valence-electron chi connectivity index (χ1n) is 8.24. The number of hydrogen-bond acceptors (Lipinski definition) is 7. The van der Waals surface area contributed by atoms with Crippen molar-refractivity contribution in [3.05, 3.63) is 58.9 Å². The van der Waals surface area contributed by atoms with Crippen molar-refractivity contribution >= 4 is 15.8 Å². The van der Waals surface area contributed by atoms with Crippen LogP contribution in [0.4, 0.5) is 5.82 Å². The van der Waals surface area contributed by atoms with Crippen LogP contribution in [0.2, 0.25) is 0 Å². The SMILES string of the molecule is Cc1cnc(NS(=O)(=O)c2ccc(OCc3c(C)noc3C)cc2)c(C)n1. The van der Waals surface area contributed by atoms with Gasteiger partial charge in [-0.2, -0.15) is 0 Å². The highest BCUT2D eigenvalue weighted by Crippen LogP contribution is 2.21. The zero-order valence-corrected chi connectivity index (χ0v) is 16.3. The predicted molar refractivity (Wildman–Crippen MR) is 99.1 cm³/mol. The van der Waals surface area contributed by atoms with E-state index in [1.165, 1.54) is 18.3 Å². The Bertz CT molecular complexity index is 1040. The van der Waals surface area contributed by atoms with E-state index in [0.717, 1.165) is 17.0 Å². The topological polar surface area (TPSA) is 107 Å². The number of ether oxygens (including phenoxy) is 1. The molecule has 0 bridgehead atoms. The van der Waals surface area contributed by atoms with Crippen molar-refractivity contribution in [1.29, 1.82) is 0 Å². The summed E-state index contributed by atoms with van der Waals surface area (Å²) in [6.45, 7) is 7.44. The standard InChI is InChI=1S/C18H20N4O4S/c1-11-9-19-18(13(3)20-11)22-27(23,24)16-7-5-15(6-8-16)25-10-17-12(2)21-26-14(17)4/h5-9H,10H2,1-4H3,(H,19,22). The van der Waals surface area contributed by atoms with E-state index in [9.17, 15) is 8.42 Å². The number of sulfonamides is 1. The molecule has 0 atom stereocenters. The van der Waals surface area contributed by atoms with Gasteiger partial charge in [0.05, 0.1) is 33.7 Å². The van der Waals surface area contributed by atoms with Crippen LogP contribution in [0.5, 0.6) is 5.75 Å². The highest BCUT2D eigenvalue weighted by atomic mass is 32.2. The van der Waals surface area contributed by atoms with Crippen molar-refractivity contribution in [2.24, 2.45) is 0 Å². The van der Waals surface area contributed by atoms with E-state index >= 15 is 0 Å². The molecule has 1 N–H and O–H groups in total. The minimum atomic E-state index is -3.77. The lowest BCUT2D eigenvalue weighted by atomic mass is 10.2. The monoisotopic (exact) mass is 388 g/mol. The number of aryl methyl sites for hydroxylation is 4. The smallest absolute Gasteiger partial charge is 0.263 e. The van der Waals surface area contributed by atoms with Crippen molar-refractivity contribution in [2.45, 2.75) is 39.2 Å². The number of rotatable bonds is 6. The minimum absolute atomic E-state index is 0.106. The van der Waals surface area contributed by atoms with Crippen LogP contribution < -0.4 is 9.46 Å². The van der Waals surface area contributed by atoms with Gasteiger partial charge in [0.2, 0.25) is 0 Å². The number of anilines is 1. The van der Waals surface area contributed by atoms with Gasteiger partial charge < -0.3 is 9.26 Å². The summed E-state index contributed by atoms with van der Waals surface area (Å²) in [5.74, 6) is 1.45. The van der Waals surface area contributed by atoms with Crippen molar-refractivity contribution in [3.8, 4) is 5.75 Å². The molecule has 3 rings (SSSR count). The zero-order chi connectivity index (χ0) is 19.6. The van der Waals surface area contributed by atoms with Crippen LogP contribution in [0, 0.1) is 27.7 Å². The summed E-state index contributed by atoms with van der Waals surface area (Å²) in [7, 11) is -3.77. The van der Waals surface area contributed by atoms with Crippen LogP contribution in [0.15, 0.2) is 39.9 Å². The molecular formula is C18H20N4O4S. The molecule has 142 valence electrons. The van der Waals surface area contributed by atoms with E-state index in [1.54, 1.807) is 26.0 Å². The molecule has 0 aliphatic heterocycles. The molecule has 0 saturated carbocycles. The first-order valence-corrected chi connectivity index (χ1v) is 9.72. The molecule has 0 amide bonds. The van der Waals surface area contributed by atoms with Crippen LogP contribution in [0.3, 0.4) is 0 Å². The largest absolute Gasteiger partial charge is 0.489 e. The molecule has 2 heterocycles. The number of aromatic nitrogens is 3. The normalized spacial score (nSPS) is 11.4. The molecule has 8 nitrogen and oxygen atoms in total. The Balaban J connectivity index is 1.72. The second-order valence-corrected chi connectivity index (χ2v) is 7.80. The average Bonchev–Trinajstić information content (AvgIpc) is 2.94. The third-order valence-corrected chi connectivity index (χ3v) is 5.35. The first-order chi connectivity index (χ1) is 12.8. The molecule has 0 radical (unpaired) electrons. The van der Waals surface area contributed by atoms with E-state index in [1.807, 2.05) is 13.8 Å². The summed E-state index contributed by atoms with van der Waals surface area (Å²) in [4.78, 5) is 8.40. The van der Waals surface area contributed by atoms with Gasteiger partial charge in [-0.05, 0) is 52.0 Å². The Morgan fingerprint density at radius 2 is 1.78 bits per heavy atom. The van der Waals surface area contributed by atoms with Gasteiger partial charge in [0, 0.05) is 0 Å². The summed E-state index contributed by atoms with van der Waals surface area (Å²) >= 11 is 0.